The van der Waals surface area contributed by atoms with E-state index in [2.05, 4.69) is 0 Å². The summed E-state index contributed by atoms with van der Waals surface area (Å²) in [6.07, 6.45) is 0. The summed E-state index contributed by atoms with van der Waals surface area (Å²) in [4.78, 5) is 0. The Kier molecular flexibility index (Phi) is 66.5. The smallest absolute Gasteiger partial charge is 0 e. The third kappa shape index (κ3) is 8.86. The van der Waals surface area contributed by atoms with E-state index in [1.54, 1.807) is 0 Å². The molecule has 0 aliphatic rings. The first kappa shape index (κ1) is 15.8. The molecule has 0 spiro atoms. The molecule has 0 aliphatic heterocycles. The van der Waals surface area contributed by atoms with Gasteiger partial charge in [-0.1, -0.05) is 0 Å². The first-order chi connectivity index (χ1) is 1.00. The molecule has 0 unspecified atom stereocenters. The van der Waals surface area contributed by atoms with Crippen LogP contribution in [-0.2, 0) is 25.2 Å². The van der Waals surface area contributed by atoms with Crippen molar-refractivity contribution < 1.29 is 28.0 Å². The summed E-state index contributed by atoms with van der Waals surface area (Å²) in [5.41, 5.74) is 0. The fourth-order valence-corrected chi connectivity index (χ4v) is 0. The average Bonchev–Trinajstić information content (AvgIpc) is 1.00. The molecule has 0 aromatic rings. The Balaban J connectivity index is -0.000000000833. The van der Waals surface area contributed by atoms with Crippen molar-refractivity contribution in [3.63, 3.8) is 0 Å². The van der Waals surface area contributed by atoms with Crippen LogP contribution in [0.1, 0.15) is 2.85 Å². The predicted octanol–water partition coefficient (Wildman–Crippen LogP) is -0.926. The zero-order chi connectivity index (χ0) is 2.00. The van der Waals surface area contributed by atoms with E-state index in [0.717, 1.165) is 0 Å². The molecule has 4 heteroatoms. The minimum atomic E-state index is 0. The third-order valence-electron chi connectivity index (χ3n) is 0. The van der Waals surface area contributed by atoms with Crippen LogP contribution in [0.3, 0.4) is 0 Å². The van der Waals surface area contributed by atoms with Crippen LogP contribution in [-0.4, -0.2) is 70.2 Å². The molecule has 0 aliphatic carbocycles. The third-order valence-corrected chi connectivity index (χ3v) is 0. The molecule has 1 radical (unpaired) electrons. The molecule has 4 heavy (non-hydrogen) atoms. The van der Waals surface area contributed by atoms with Crippen molar-refractivity contribution in [2.45, 2.75) is 0 Å². The average molecular weight is 497 g/mol. The Bertz CT molecular complexity index is 13.5. The Morgan fingerprint density at radius 3 is 1.50 bits per heavy atom. The van der Waals surface area contributed by atoms with Gasteiger partial charge < -0.3 is 2.85 Å². The van der Waals surface area contributed by atoms with Gasteiger partial charge in [0.1, 0.15) is 0 Å². The standard InChI is InChI=1S/Bi.O.Sr.Ta.3H/q;;+2;;;2*-1. The van der Waals surface area contributed by atoms with Crippen molar-refractivity contribution in [2.24, 2.45) is 0 Å². The molecule has 0 fully saturated rings. The topological polar surface area (TPSA) is 17.1 Å². The van der Waals surface area contributed by atoms with Crippen LogP contribution in [0.15, 0.2) is 0 Å². The van der Waals surface area contributed by atoms with Crippen molar-refractivity contribution in [1.29, 1.82) is 0 Å². The van der Waals surface area contributed by atoms with E-state index in [1.807, 2.05) is 0 Å². The van der Waals surface area contributed by atoms with E-state index >= 15 is 0 Å². The summed E-state index contributed by atoms with van der Waals surface area (Å²) >= 11 is 0.0556. The molecule has 1 nitrogen and oxygen atoms in total. The van der Waals surface area contributed by atoms with E-state index in [4.69, 9.17) is 2.81 Å². The van der Waals surface area contributed by atoms with E-state index in [9.17, 15) is 0 Å². The van der Waals surface area contributed by atoms with Gasteiger partial charge in [0.15, 0.2) is 0 Å². The van der Waals surface area contributed by atoms with Crippen molar-refractivity contribution in [3.8, 4) is 0 Å². The van der Waals surface area contributed by atoms with Gasteiger partial charge in [-0.2, -0.15) is 0 Å². The van der Waals surface area contributed by atoms with Gasteiger partial charge in [0.2, 0.25) is 0 Å². The molecule has 0 aromatic heterocycles. The van der Waals surface area contributed by atoms with Gasteiger partial charge in [0.05, 0.1) is 0 Å². The summed E-state index contributed by atoms with van der Waals surface area (Å²) in [6, 6.07) is 0. The number of rotatable bonds is 0. The molecule has 0 atom stereocenters. The maximum Gasteiger partial charge on any atom is 2.00 e. The molecule has 0 N–H and O–H groups in total. The van der Waals surface area contributed by atoms with Gasteiger partial charge >= 0.3 is 73.0 Å². The summed E-state index contributed by atoms with van der Waals surface area (Å²) < 4.78 is 8.39. The minimum absolute atomic E-state index is 0. The Morgan fingerprint density at radius 1 is 1.50 bits per heavy atom. The van der Waals surface area contributed by atoms with Crippen LogP contribution >= 0.6 is 0 Å². The Hall–Kier alpha value is 2.90. The molecule has 0 saturated carbocycles. The van der Waals surface area contributed by atoms with Gasteiger partial charge in [-0.15, -0.1) is 0 Å². The maximum absolute atomic E-state index is 8.39. The molecule has 0 bridgehead atoms. The molecule has 0 rings (SSSR count). The molecule has 0 heterocycles. The normalized spacial score (nSPS) is 1.00. The van der Waals surface area contributed by atoms with Crippen LogP contribution < -0.4 is 0 Å². The Labute approximate surface area is 95.9 Å². The van der Waals surface area contributed by atoms with E-state index < -0.39 is 0 Å². The first-order valence-electron chi connectivity index (χ1n) is 0.204. The van der Waals surface area contributed by atoms with Gasteiger partial charge in [0, 0.05) is 22.4 Å². The fraction of sp³-hybridized carbons (Fsp3) is 0. The van der Waals surface area contributed by atoms with Crippen LogP contribution in [0.25, 0.3) is 0 Å². The second-order valence-corrected chi connectivity index (χ2v) is 0. The van der Waals surface area contributed by atoms with E-state index in [-0.39, 0.29) is 95.4 Å². The van der Waals surface area contributed by atoms with Gasteiger partial charge in [-0.05, 0) is 0 Å². The first-order valence-corrected chi connectivity index (χ1v) is 1.79. The van der Waals surface area contributed by atoms with Crippen molar-refractivity contribution in [2.75, 3.05) is 0 Å². The monoisotopic (exact) mass is 497 g/mol. The predicted molar refractivity (Wildman–Crippen MR) is 15.8 cm³/mol. The van der Waals surface area contributed by atoms with Crippen LogP contribution in [0.4, 0.5) is 0 Å². The zero-order valence-electron chi connectivity index (χ0n) is 4.06. The van der Waals surface area contributed by atoms with Crippen molar-refractivity contribution in [1.82, 2.24) is 0 Å². The van der Waals surface area contributed by atoms with Crippen LogP contribution in [0.2, 0.25) is 0 Å². The molecule has 0 saturated heterocycles. The minimum Gasteiger partial charge on any atom is 0 e. The number of hydrogen-bond donors (Lipinski definition) is 0. The fourth-order valence-electron chi connectivity index (χ4n) is 0. The van der Waals surface area contributed by atoms with Gasteiger partial charge in [-0.3, -0.25) is 0 Å². The molecular weight excluding hydrogens is 494 g/mol. The van der Waals surface area contributed by atoms with Gasteiger partial charge in [0.25, 0.3) is 0 Å². The van der Waals surface area contributed by atoms with Crippen LogP contribution in [0.5, 0.6) is 0 Å². The molecule has 0 amide bonds. The van der Waals surface area contributed by atoms with Crippen molar-refractivity contribution >= 4 is 70.2 Å². The van der Waals surface area contributed by atoms with Gasteiger partial charge in [-0.25, -0.2) is 0 Å². The molecule has 21 valence electrons. The largest absolute Gasteiger partial charge is 2.00 e. The molecular formula is H3BiOSrTa. The Morgan fingerprint density at radius 2 is 1.50 bits per heavy atom. The van der Waals surface area contributed by atoms with E-state index in [1.165, 1.54) is 0 Å². The number of hydrogen-bond acceptors (Lipinski definition) is 1. The SMILES string of the molecule is [H-].[H-].[O]=[BiH].[Sr+2].[Ta]. The maximum atomic E-state index is 8.39. The zero-order valence-corrected chi connectivity index (χ0v) is 12.6. The summed E-state index contributed by atoms with van der Waals surface area (Å²) in [5.74, 6) is 0. The quantitative estimate of drug-likeness (QED) is 0.397. The second-order valence-electron chi connectivity index (χ2n) is 0. The summed E-state index contributed by atoms with van der Waals surface area (Å²) in [7, 11) is 0. The van der Waals surface area contributed by atoms with E-state index in [0.29, 0.717) is 0 Å². The summed E-state index contributed by atoms with van der Waals surface area (Å²) in [5, 5.41) is 0. The second kappa shape index (κ2) is 16.8. The summed E-state index contributed by atoms with van der Waals surface area (Å²) in [6.45, 7) is 0. The van der Waals surface area contributed by atoms with Crippen molar-refractivity contribution in [3.05, 3.63) is 0 Å². The van der Waals surface area contributed by atoms with Crippen LogP contribution in [0, 0.1) is 0 Å². The molecule has 0 aromatic carbocycles.